The SMILES string of the molecule is COc1c2c(cc3c1C(C(=O)Nc1ccccc1C)[N+](C)(Cc1ccccc1)CC3)OCO2. The molecule has 3 aromatic carbocycles. The first-order valence-electron chi connectivity index (χ1n) is 11.2. The average molecular weight is 446 g/mol. The molecule has 0 spiro atoms. The largest absolute Gasteiger partial charge is 0.492 e. The molecule has 33 heavy (non-hydrogen) atoms. The first-order chi connectivity index (χ1) is 16.0. The fourth-order valence-electron chi connectivity index (χ4n) is 5.10. The summed E-state index contributed by atoms with van der Waals surface area (Å²) in [5.41, 5.74) is 5.00. The van der Waals surface area contributed by atoms with E-state index in [2.05, 4.69) is 24.5 Å². The highest BCUT2D eigenvalue weighted by atomic mass is 16.7. The maximum absolute atomic E-state index is 14.0. The number of benzene rings is 3. The second-order valence-corrected chi connectivity index (χ2v) is 9.02. The number of carbonyl (C=O) groups is 1. The van der Waals surface area contributed by atoms with Crippen molar-refractivity contribution in [2.24, 2.45) is 0 Å². The summed E-state index contributed by atoms with van der Waals surface area (Å²) in [5, 5.41) is 3.20. The monoisotopic (exact) mass is 445 g/mol. The Kier molecular flexibility index (Phi) is 5.46. The predicted octanol–water partition coefficient (Wildman–Crippen LogP) is 4.62. The molecule has 0 saturated carbocycles. The molecule has 0 aliphatic carbocycles. The molecule has 0 radical (unpaired) electrons. The molecule has 0 bridgehead atoms. The molecule has 6 nitrogen and oxygen atoms in total. The van der Waals surface area contributed by atoms with E-state index in [0.29, 0.717) is 21.7 Å². The third-order valence-corrected chi connectivity index (χ3v) is 6.77. The van der Waals surface area contributed by atoms with Crippen LogP contribution in [0, 0.1) is 6.92 Å². The molecule has 2 atom stereocenters. The number of aryl methyl sites for hydroxylation is 1. The van der Waals surface area contributed by atoms with Crippen molar-refractivity contribution in [3.63, 3.8) is 0 Å². The summed E-state index contributed by atoms with van der Waals surface area (Å²) in [7, 11) is 3.78. The van der Waals surface area contributed by atoms with Gasteiger partial charge in [-0.3, -0.25) is 4.79 Å². The Morgan fingerprint density at radius 3 is 2.64 bits per heavy atom. The first-order valence-corrected chi connectivity index (χ1v) is 11.2. The summed E-state index contributed by atoms with van der Waals surface area (Å²) in [4.78, 5) is 14.0. The maximum Gasteiger partial charge on any atom is 0.287 e. The lowest BCUT2D eigenvalue weighted by Gasteiger charge is -2.45. The number of quaternary nitrogens is 1. The van der Waals surface area contributed by atoms with Gasteiger partial charge in [0.1, 0.15) is 6.54 Å². The average Bonchev–Trinajstić information content (AvgIpc) is 3.28. The molecule has 1 N–H and O–H groups in total. The van der Waals surface area contributed by atoms with Crippen LogP contribution in [0.2, 0.25) is 0 Å². The van der Waals surface area contributed by atoms with Gasteiger partial charge >= 0.3 is 0 Å². The van der Waals surface area contributed by atoms with E-state index >= 15 is 0 Å². The van der Waals surface area contributed by atoms with E-state index in [0.717, 1.165) is 41.9 Å². The standard InChI is InChI=1S/C27H28N2O4/c1-18-9-7-8-12-21(18)28-27(30)24-23-20(15-22-25(26(23)31-3)33-17-32-22)13-14-29(24,2)16-19-10-5-4-6-11-19/h4-12,15,24H,13-14,16-17H2,1-3H3/p+1. The normalized spacial score (nSPS) is 20.8. The minimum Gasteiger partial charge on any atom is -0.492 e. The number of para-hydroxylation sites is 1. The van der Waals surface area contributed by atoms with E-state index in [1.165, 1.54) is 5.56 Å². The molecule has 6 heteroatoms. The lowest BCUT2D eigenvalue weighted by Crippen LogP contribution is -2.54. The molecule has 0 saturated heterocycles. The molecular formula is C27H29N2O4+. The number of rotatable bonds is 5. The number of nitrogens with one attached hydrogen (secondary N) is 1. The van der Waals surface area contributed by atoms with E-state index in [1.807, 2.05) is 55.5 Å². The van der Waals surface area contributed by atoms with E-state index in [4.69, 9.17) is 14.2 Å². The van der Waals surface area contributed by atoms with Crippen LogP contribution < -0.4 is 19.5 Å². The van der Waals surface area contributed by atoms with Gasteiger partial charge in [-0.2, -0.15) is 0 Å². The number of nitrogens with zero attached hydrogens (tertiary/aromatic N) is 1. The topological polar surface area (TPSA) is 56.8 Å². The van der Waals surface area contributed by atoms with Crippen LogP contribution in [-0.4, -0.2) is 37.9 Å². The third-order valence-electron chi connectivity index (χ3n) is 6.77. The first kappa shape index (κ1) is 21.3. The zero-order valence-corrected chi connectivity index (χ0v) is 19.3. The van der Waals surface area contributed by atoms with Crippen molar-refractivity contribution >= 4 is 11.6 Å². The number of hydrogen-bond acceptors (Lipinski definition) is 4. The van der Waals surface area contributed by atoms with Crippen LogP contribution in [0.5, 0.6) is 17.2 Å². The molecule has 5 rings (SSSR count). The van der Waals surface area contributed by atoms with E-state index in [-0.39, 0.29) is 12.7 Å². The zero-order chi connectivity index (χ0) is 23.0. The van der Waals surface area contributed by atoms with Crippen molar-refractivity contribution in [2.45, 2.75) is 25.9 Å². The lowest BCUT2D eigenvalue weighted by atomic mass is 9.87. The van der Waals surface area contributed by atoms with Gasteiger partial charge in [0.25, 0.3) is 5.91 Å². The second kappa shape index (κ2) is 8.45. The molecular weight excluding hydrogens is 416 g/mol. The highest BCUT2D eigenvalue weighted by Gasteiger charge is 2.47. The summed E-state index contributed by atoms with van der Waals surface area (Å²) in [5.74, 6) is 1.81. The van der Waals surface area contributed by atoms with Crippen LogP contribution in [-0.2, 0) is 17.8 Å². The molecule has 2 unspecified atom stereocenters. The minimum atomic E-state index is -0.474. The highest BCUT2D eigenvalue weighted by molar-refractivity contribution is 5.96. The van der Waals surface area contributed by atoms with Gasteiger partial charge in [0.2, 0.25) is 12.5 Å². The third kappa shape index (κ3) is 3.80. The molecule has 170 valence electrons. The fraction of sp³-hybridized carbons (Fsp3) is 0.296. The number of amides is 1. The molecule has 2 heterocycles. The van der Waals surface area contributed by atoms with Gasteiger partial charge in [0.05, 0.1) is 26.3 Å². The summed E-state index contributed by atoms with van der Waals surface area (Å²) in [6.45, 7) is 3.70. The van der Waals surface area contributed by atoms with Crippen molar-refractivity contribution in [1.29, 1.82) is 0 Å². The number of anilines is 1. The Morgan fingerprint density at radius 1 is 1.12 bits per heavy atom. The van der Waals surface area contributed by atoms with Crippen LogP contribution in [0.15, 0.2) is 60.7 Å². The lowest BCUT2D eigenvalue weighted by molar-refractivity contribution is -0.944. The van der Waals surface area contributed by atoms with Crippen LogP contribution in [0.4, 0.5) is 5.69 Å². The van der Waals surface area contributed by atoms with Crippen LogP contribution >= 0.6 is 0 Å². The summed E-state index contributed by atoms with van der Waals surface area (Å²) in [6, 6.07) is 19.7. The summed E-state index contributed by atoms with van der Waals surface area (Å²) in [6.07, 6.45) is 0.819. The molecule has 0 fully saturated rings. The summed E-state index contributed by atoms with van der Waals surface area (Å²) < 4.78 is 17.8. The zero-order valence-electron chi connectivity index (χ0n) is 19.3. The van der Waals surface area contributed by atoms with E-state index < -0.39 is 6.04 Å². The molecule has 3 aromatic rings. The number of ether oxygens (including phenoxy) is 3. The number of carbonyl (C=O) groups excluding carboxylic acids is 1. The molecule has 1 amide bonds. The van der Waals surface area contributed by atoms with Gasteiger partial charge in [-0.05, 0) is 30.2 Å². The minimum absolute atomic E-state index is 0.0548. The fourth-order valence-corrected chi connectivity index (χ4v) is 5.10. The molecule has 0 aromatic heterocycles. The van der Waals surface area contributed by atoms with Gasteiger partial charge in [-0.15, -0.1) is 0 Å². The van der Waals surface area contributed by atoms with Crippen molar-refractivity contribution in [3.05, 3.63) is 82.9 Å². The highest BCUT2D eigenvalue weighted by Crippen LogP contribution is 2.51. The van der Waals surface area contributed by atoms with Crippen molar-refractivity contribution in [3.8, 4) is 17.2 Å². The van der Waals surface area contributed by atoms with Crippen molar-refractivity contribution < 1.29 is 23.5 Å². The van der Waals surface area contributed by atoms with Gasteiger partial charge in [0.15, 0.2) is 17.5 Å². The number of methoxy groups -OCH3 is 1. The van der Waals surface area contributed by atoms with Crippen LogP contribution in [0.25, 0.3) is 0 Å². The van der Waals surface area contributed by atoms with E-state index in [9.17, 15) is 4.79 Å². The van der Waals surface area contributed by atoms with Crippen molar-refractivity contribution in [1.82, 2.24) is 0 Å². The Morgan fingerprint density at radius 2 is 1.88 bits per heavy atom. The van der Waals surface area contributed by atoms with Crippen LogP contribution in [0.3, 0.4) is 0 Å². The number of likely N-dealkylation sites (N-methyl/N-ethyl adjacent to an activating group) is 1. The summed E-state index contributed by atoms with van der Waals surface area (Å²) >= 11 is 0. The number of fused-ring (bicyclic) bond motifs is 2. The Balaban J connectivity index is 1.63. The number of hydrogen-bond donors (Lipinski definition) is 1. The van der Waals surface area contributed by atoms with Crippen LogP contribution in [0.1, 0.15) is 28.3 Å². The second-order valence-electron chi connectivity index (χ2n) is 9.02. The maximum atomic E-state index is 14.0. The van der Waals surface area contributed by atoms with Gasteiger partial charge in [0, 0.05) is 17.7 Å². The Labute approximate surface area is 194 Å². The Bertz CT molecular complexity index is 1190. The van der Waals surface area contributed by atoms with Gasteiger partial charge < -0.3 is 24.0 Å². The van der Waals surface area contributed by atoms with Gasteiger partial charge in [-0.25, -0.2) is 0 Å². The van der Waals surface area contributed by atoms with Gasteiger partial charge in [-0.1, -0.05) is 48.5 Å². The molecule has 2 aliphatic rings. The Hall–Kier alpha value is -3.51. The quantitative estimate of drug-likeness (QED) is 0.583. The predicted molar refractivity (Wildman–Crippen MR) is 127 cm³/mol. The smallest absolute Gasteiger partial charge is 0.287 e. The van der Waals surface area contributed by atoms with E-state index in [1.54, 1.807) is 7.11 Å². The molecule has 2 aliphatic heterocycles. The van der Waals surface area contributed by atoms with Crippen molar-refractivity contribution in [2.75, 3.05) is 32.8 Å².